The highest BCUT2D eigenvalue weighted by Crippen LogP contribution is 2.27. The Kier molecular flexibility index (Phi) is 2.36. The van der Waals surface area contributed by atoms with Gasteiger partial charge in [0.05, 0.1) is 0 Å². The lowest BCUT2D eigenvalue weighted by Crippen LogP contribution is -1.91. The summed E-state index contributed by atoms with van der Waals surface area (Å²) in [5.41, 5.74) is 1.57. The lowest BCUT2D eigenvalue weighted by molar-refractivity contribution is 0.399. The molecule has 0 unspecified atom stereocenters. The van der Waals surface area contributed by atoms with Gasteiger partial charge in [-0.2, -0.15) is 9.61 Å². The van der Waals surface area contributed by atoms with Crippen LogP contribution in [0.15, 0.2) is 35.1 Å². The van der Waals surface area contributed by atoms with Crippen molar-refractivity contribution in [3.05, 3.63) is 36.4 Å². The van der Waals surface area contributed by atoms with Crippen LogP contribution >= 0.6 is 11.3 Å². The van der Waals surface area contributed by atoms with Gasteiger partial charge in [-0.25, -0.2) is 0 Å². The van der Waals surface area contributed by atoms with Crippen LogP contribution in [0.5, 0.6) is 0 Å². The molecule has 8 heteroatoms. The minimum absolute atomic E-state index is 0.572. The first-order valence-electron chi connectivity index (χ1n) is 5.87. The van der Waals surface area contributed by atoms with Crippen molar-refractivity contribution in [2.75, 3.05) is 0 Å². The van der Waals surface area contributed by atoms with Gasteiger partial charge in [0.15, 0.2) is 5.69 Å². The molecule has 4 aromatic rings. The zero-order chi connectivity index (χ0) is 13.5. The third-order valence-corrected chi connectivity index (χ3v) is 3.70. The number of rotatable bonds is 2. The Hall–Kier alpha value is -2.61. The molecule has 0 amide bonds. The second kappa shape index (κ2) is 4.20. The zero-order valence-corrected chi connectivity index (χ0v) is 11.2. The lowest BCUT2D eigenvalue weighted by Gasteiger charge is -1.92. The number of nitrogens with zero attached hydrogens (tertiary/aromatic N) is 6. The first-order chi connectivity index (χ1) is 9.81. The van der Waals surface area contributed by atoms with Crippen molar-refractivity contribution in [1.82, 2.24) is 30.0 Å². The fraction of sp³-hybridized carbons (Fsp3) is 0.0833. The van der Waals surface area contributed by atoms with E-state index in [-0.39, 0.29) is 0 Å². The van der Waals surface area contributed by atoms with Gasteiger partial charge < -0.3 is 4.52 Å². The summed E-state index contributed by atoms with van der Waals surface area (Å²) in [4.78, 5) is 4.80. The summed E-state index contributed by atoms with van der Waals surface area (Å²) >= 11 is 1.45. The smallest absolute Gasteiger partial charge is 0.235 e. The molecule has 0 saturated heterocycles. The summed E-state index contributed by atoms with van der Waals surface area (Å²) in [6, 6.07) is 5.64. The number of fused-ring (bicyclic) bond motifs is 1. The minimum atomic E-state index is 0.572. The molecular formula is C12H8N6OS. The highest BCUT2D eigenvalue weighted by molar-refractivity contribution is 7.19. The third-order valence-electron chi connectivity index (χ3n) is 2.76. The Labute approximate surface area is 116 Å². The molecule has 4 rings (SSSR count). The Bertz CT molecular complexity index is 878. The van der Waals surface area contributed by atoms with E-state index in [2.05, 4.69) is 25.4 Å². The maximum absolute atomic E-state index is 5.06. The van der Waals surface area contributed by atoms with E-state index in [1.807, 2.05) is 19.1 Å². The Morgan fingerprint density at radius 3 is 3.00 bits per heavy atom. The zero-order valence-electron chi connectivity index (χ0n) is 10.4. The molecule has 0 aromatic carbocycles. The Morgan fingerprint density at radius 1 is 1.30 bits per heavy atom. The van der Waals surface area contributed by atoms with Gasteiger partial charge in [-0.3, -0.25) is 4.98 Å². The predicted molar refractivity (Wildman–Crippen MR) is 72.1 cm³/mol. The highest BCUT2D eigenvalue weighted by atomic mass is 32.1. The Morgan fingerprint density at radius 2 is 2.25 bits per heavy atom. The maximum atomic E-state index is 5.06. The van der Waals surface area contributed by atoms with E-state index >= 15 is 0 Å². The normalized spacial score (nSPS) is 11.2. The van der Waals surface area contributed by atoms with Crippen LogP contribution in [0.2, 0.25) is 0 Å². The first kappa shape index (κ1) is 11.2. The van der Waals surface area contributed by atoms with Crippen molar-refractivity contribution >= 4 is 16.3 Å². The largest absolute Gasteiger partial charge is 0.361 e. The molecule has 0 atom stereocenters. The molecule has 98 valence electrons. The molecule has 0 radical (unpaired) electrons. The minimum Gasteiger partial charge on any atom is -0.361 e. The summed E-state index contributed by atoms with van der Waals surface area (Å²) in [5, 5.41) is 17.5. The van der Waals surface area contributed by atoms with Crippen LogP contribution in [0, 0.1) is 6.92 Å². The molecule has 4 aromatic heterocycles. The number of aryl methyl sites for hydroxylation is 1. The average Bonchev–Trinajstić information content (AvgIpc) is 3.14. The molecule has 0 spiro atoms. The second-order valence-electron chi connectivity index (χ2n) is 4.19. The van der Waals surface area contributed by atoms with E-state index in [1.54, 1.807) is 23.0 Å². The van der Waals surface area contributed by atoms with Gasteiger partial charge in [-0.15, -0.1) is 10.2 Å². The molecule has 0 fully saturated rings. The van der Waals surface area contributed by atoms with E-state index in [0.717, 1.165) is 16.3 Å². The molecule has 0 saturated carbocycles. The first-order valence-corrected chi connectivity index (χ1v) is 6.69. The van der Waals surface area contributed by atoms with E-state index in [4.69, 9.17) is 4.52 Å². The monoisotopic (exact) mass is 284 g/mol. The van der Waals surface area contributed by atoms with Crippen LogP contribution < -0.4 is 0 Å². The van der Waals surface area contributed by atoms with Gasteiger partial charge in [-0.1, -0.05) is 16.5 Å². The maximum Gasteiger partial charge on any atom is 0.235 e. The van der Waals surface area contributed by atoms with E-state index in [9.17, 15) is 0 Å². The van der Waals surface area contributed by atoms with Gasteiger partial charge in [0.1, 0.15) is 10.8 Å². The number of aromatic nitrogens is 6. The molecule has 7 nitrogen and oxygen atoms in total. The van der Waals surface area contributed by atoms with Crippen molar-refractivity contribution in [3.63, 3.8) is 0 Å². The lowest BCUT2D eigenvalue weighted by atomic mass is 10.3. The molecule has 0 aliphatic carbocycles. The fourth-order valence-electron chi connectivity index (χ4n) is 1.85. The van der Waals surface area contributed by atoms with Crippen LogP contribution in [0.25, 0.3) is 27.1 Å². The van der Waals surface area contributed by atoms with Crippen LogP contribution in [-0.4, -0.2) is 30.0 Å². The van der Waals surface area contributed by atoms with Crippen molar-refractivity contribution in [3.8, 4) is 22.1 Å². The van der Waals surface area contributed by atoms with E-state index in [1.165, 1.54) is 11.3 Å². The number of hydrogen-bond acceptors (Lipinski definition) is 7. The van der Waals surface area contributed by atoms with Gasteiger partial charge in [-0.05, 0) is 19.1 Å². The fourth-order valence-corrected chi connectivity index (χ4v) is 2.68. The van der Waals surface area contributed by atoms with Gasteiger partial charge in [0.25, 0.3) is 0 Å². The molecule has 0 aliphatic heterocycles. The molecule has 0 aliphatic rings. The predicted octanol–water partition coefficient (Wildman–Crippen LogP) is 2.21. The second-order valence-corrected chi connectivity index (χ2v) is 5.15. The quantitative estimate of drug-likeness (QED) is 0.561. The summed E-state index contributed by atoms with van der Waals surface area (Å²) in [6.07, 6.45) is 3.50. The van der Waals surface area contributed by atoms with Crippen molar-refractivity contribution < 1.29 is 4.52 Å². The number of pyridine rings is 1. The third kappa shape index (κ3) is 1.69. The van der Waals surface area contributed by atoms with E-state index in [0.29, 0.717) is 16.5 Å². The summed E-state index contributed by atoms with van der Waals surface area (Å²) in [6.45, 7) is 1.83. The SMILES string of the molecule is Cc1cc(-c2nnc3sc(-c4cccnc4)nn23)no1. The van der Waals surface area contributed by atoms with Crippen molar-refractivity contribution in [1.29, 1.82) is 0 Å². The van der Waals surface area contributed by atoms with Gasteiger partial charge in [0, 0.05) is 24.0 Å². The van der Waals surface area contributed by atoms with Gasteiger partial charge in [0.2, 0.25) is 10.8 Å². The van der Waals surface area contributed by atoms with Crippen LogP contribution in [0.4, 0.5) is 0 Å². The van der Waals surface area contributed by atoms with Crippen LogP contribution in [0.1, 0.15) is 5.76 Å². The molecule has 20 heavy (non-hydrogen) atoms. The molecule has 0 bridgehead atoms. The van der Waals surface area contributed by atoms with Crippen LogP contribution in [-0.2, 0) is 0 Å². The Balaban J connectivity index is 1.87. The molecular weight excluding hydrogens is 276 g/mol. The van der Waals surface area contributed by atoms with Crippen molar-refractivity contribution in [2.45, 2.75) is 6.92 Å². The van der Waals surface area contributed by atoms with Gasteiger partial charge >= 0.3 is 0 Å². The summed E-state index contributed by atoms with van der Waals surface area (Å²) in [7, 11) is 0. The summed E-state index contributed by atoms with van der Waals surface area (Å²) < 4.78 is 6.73. The van der Waals surface area contributed by atoms with E-state index < -0.39 is 0 Å². The topological polar surface area (TPSA) is 82.0 Å². The van der Waals surface area contributed by atoms with Crippen LogP contribution in [0.3, 0.4) is 0 Å². The molecule has 4 heterocycles. The van der Waals surface area contributed by atoms with Crippen molar-refractivity contribution in [2.24, 2.45) is 0 Å². The standard InChI is InChI=1S/C12H8N6OS/c1-7-5-9(17-19-7)10-14-15-12-18(10)16-11(20-12)8-3-2-4-13-6-8/h2-6H,1H3. The average molecular weight is 284 g/mol. The highest BCUT2D eigenvalue weighted by Gasteiger charge is 2.16. The molecule has 0 N–H and O–H groups in total. The summed E-state index contributed by atoms with van der Waals surface area (Å²) in [5.74, 6) is 1.29. The number of hydrogen-bond donors (Lipinski definition) is 0.